The van der Waals surface area contributed by atoms with Crippen LogP contribution in [0.25, 0.3) is 0 Å². The summed E-state index contributed by atoms with van der Waals surface area (Å²) in [6.07, 6.45) is 1.74. The van der Waals surface area contributed by atoms with Crippen molar-refractivity contribution in [1.82, 2.24) is 0 Å². The standard InChI is InChI=1S/C19H40N2O7Si2/c1-7-23-29(24-8-2,25-9-3)17-13-15-20(17)19(22)21-16-14-18(21)30(26-10-4,27-11-5)28-12-6/h17-18H,7-16H2,1-6H3/p+2. The molecule has 9 nitrogen and oxygen atoms in total. The highest BCUT2D eigenvalue weighted by atomic mass is 28.4. The molecule has 0 spiro atoms. The smallest absolute Gasteiger partial charge is 0.370 e. The first-order valence-electron chi connectivity index (χ1n) is 11.6. The minimum absolute atomic E-state index is 0.0547. The lowest BCUT2D eigenvalue weighted by molar-refractivity contribution is -1.00. The Balaban J connectivity index is 2.20. The average Bonchev–Trinajstić information content (AvgIpc) is 2.61. The molecule has 11 heteroatoms. The molecule has 2 N–H and O–H groups in total. The molecule has 30 heavy (non-hydrogen) atoms. The number of nitrogens with one attached hydrogen (secondary N) is 2. The summed E-state index contributed by atoms with van der Waals surface area (Å²) in [5.74, 6) is 0. The van der Waals surface area contributed by atoms with Crippen LogP contribution in [0.3, 0.4) is 0 Å². The lowest BCUT2D eigenvalue weighted by Gasteiger charge is -2.46. The van der Waals surface area contributed by atoms with Gasteiger partial charge in [0.05, 0.1) is 25.9 Å². The second-order valence-corrected chi connectivity index (χ2v) is 12.9. The van der Waals surface area contributed by atoms with Crippen LogP contribution < -0.4 is 9.80 Å². The summed E-state index contributed by atoms with van der Waals surface area (Å²) < 4.78 is 36.5. The zero-order valence-corrected chi connectivity index (χ0v) is 21.6. The SMILES string of the molecule is CCO[Si](OCC)(OCC)C1CC[NH+]1C(=O)[NH+]1CCC1[Si](OCC)(OCC)OCC. The average molecular weight is 467 g/mol. The van der Waals surface area contributed by atoms with E-state index in [0.29, 0.717) is 39.6 Å². The number of hydrogen-bond donors (Lipinski definition) is 2. The van der Waals surface area contributed by atoms with Gasteiger partial charge in [-0.2, -0.15) is 4.79 Å². The van der Waals surface area contributed by atoms with Crippen LogP contribution in [0.2, 0.25) is 0 Å². The highest BCUT2D eigenvalue weighted by Gasteiger charge is 2.68. The van der Waals surface area contributed by atoms with E-state index in [1.165, 1.54) is 0 Å². The molecule has 0 aliphatic carbocycles. The lowest BCUT2D eigenvalue weighted by atomic mass is 10.2. The summed E-state index contributed by atoms with van der Waals surface area (Å²) in [6.45, 7) is 16.3. The van der Waals surface area contributed by atoms with Gasteiger partial charge in [-0.15, -0.1) is 0 Å². The van der Waals surface area contributed by atoms with E-state index >= 15 is 0 Å². The molecule has 0 aromatic rings. The molecule has 2 aliphatic heterocycles. The zero-order chi connectivity index (χ0) is 22.2. The van der Waals surface area contributed by atoms with Crippen molar-refractivity contribution in [1.29, 1.82) is 0 Å². The third kappa shape index (κ3) is 5.22. The Bertz CT molecular complexity index is 465. The largest absolute Gasteiger partial charge is 0.563 e. The molecule has 2 rings (SSSR count). The van der Waals surface area contributed by atoms with Crippen molar-refractivity contribution in [2.45, 2.75) is 65.7 Å². The van der Waals surface area contributed by atoms with Gasteiger partial charge >= 0.3 is 23.6 Å². The van der Waals surface area contributed by atoms with Crippen molar-refractivity contribution < 1.29 is 41.2 Å². The number of hydrogen-bond acceptors (Lipinski definition) is 7. The molecule has 0 aromatic heterocycles. The predicted molar refractivity (Wildman–Crippen MR) is 115 cm³/mol. The highest BCUT2D eigenvalue weighted by molar-refractivity contribution is 6.62. The van der Waals surface area contributed by atoms with Crippen LogP contribution >= 0.6 is 0 Å². The van der Waals surface area contributed by atoms with Crippen LogP contribution in [0.4, 0.5) is 4.79 Å². The van der Waals surface area contributed by atoms with Gasteiger partial charge in [0.25, 0.3) is 0 Å². The third-order valence-corrected chi connectivity index (χ3v) is 12.9. The molecular weight excluding hydrogens is 424 g/mol. The molecular formula is C19H42N2O7Si2+2. The maximum Gasteiger partial charge on any atom is 0.563 e. The second-order valence-electron chi connectivity index (χ2n) is 7.37. The van der Waals surface area contributed by atoms with Gasteiger partial charge in [0.15, 0.2) is 11.3 Å². The number of carbonyl (C=O) groups is 1. The van der Waals surface area contributed by atoms with E-state index in [4.69, 9.17) is 26.6 Å². The Morgan fingerprint density at radius 3 is 1.07 bits per heavy atom. The normalized spacial score (nSPS) is 26.9. The summed E-state index contributed by atoms with van der Waals surface area (Å²) in [5, 5.41) is 0. The third-order valence-electron chi connectivity index (χ3n) is 5.76. The molecule has 2 amide bonds. The van der Waals surface area contributed by atoms with Crippen molar-refractivity contribution in [3.63, 3.8) is 0 Å². The number of amides is 2. The quantitative estimate of drug-likeness (QED) is 0.337. The Hall–Kier alpha value is -0.216. The summed E-state index contributed by atoms with van der Waals surface area (Å²) in [7, 11) is -5.88. The Kier molecular flexibility index (Phi) is 10.5. The summed E-state index contributed by atoms with van der Waals surface area (Å²) in [4.78, 5) is 15.4. The molecule has 176 valence electrons. The summed E-state index contributed by atoms with van der Waals surface area (Å²) >= 11 is 0. The Morgan fingerprint density at radius 1 is 0.633 bits per heavy atom. The molecule has 2 saturated heterocycles. The Labute approximate surface area is 183 Å². The lowest BCUT2D eigenvalue weighted by Crippen LogP contribution is -3.44. The second kappa shape index (κ2) is 12.1. The minimum Gasteiger partial charge on any atom is -0.370 e. The maximum atomic E-state index is 13.6. The van der Waals surface area contributed by atoms with Crippen molar-refractivity contribution in [3.05, 3.63) is 0 Å². The van der Waals surface area contributed by atoms with Gasteiger partial charge in [0, 0.05) is 39.6 Å². The number of urea groups is 1. The van der Waals surface area contributed by atoms with Crippen molar-refractivity contribution >= 4 is 23.6 Å². The van der Waals surface area contributed by atoms with Crippen LogP contribution in [-0.2, 0) is 26.6 Å². The molecule has 0 bridgehead atoms. The Morgan fingerprint density at radius 2 is 0.900 bits per heavy atom. The topological polar surface area (TPSA) is 81.3 Å². The van der Waals surface area contributed by atoms with Crippen LogP contribution in [0.1, 0.15) is 54.4 Å². The molecule has 0 radical (unpaired) electrons. The summed E-state index contributed by atoms with van der Waals surface area (Å²) in [5.41, 5.74) is -0.109. The van der Waals surface area contributed by atoms with Crippen molar-refractivity contribution in [3.8, 4) is 0 Å². The number of likely N-dealkylation sites (tertiary alicyclic amines) is 2. The number of quaternary nitrogens is 2. The summed E-state index contributed by atoms with van der Waals surface area (Å²) in [6, 6.07) is 0.134. The molecule has 4 unspecified atom stereocenters. The number of rotatable bonds is 14. The maximum absolute atomic E-state index is 13.6. The fourth-order valence-electron chi connectivity index (χ4n) is 4.46. The van der Waals surface area contributed by atoms with E-state index in [0.717, 1.165) is 35.7 Å². The zero-order valence-electron chi connectivity index (χ0n) is 19.6. The first kappa shape index (κ1) is 26.0. The first-order valence-corrected chi connectivity index (χ1v) is 15.2. The number of carbonyl (C=O) groups excluding carboxylic acids is 1. The van der Waals surface area contributed by atoms with Crippen molar-refractivity contribution in [2.24, 2.45) is 0 Å². The molecule has 2 heterocycles. The van der Waals surface area contributed by atoms with E-state index in [-0.39, 0.29) is 17.4 Å². The predicted octanol–water partition coefficient (Wildman–Crippen LogP) is -0.404. The van der Waals surface area contributed by atoms with E-state index in [1.807, 2.05) is 41.5 Å². The first-order chi connectivity index (χ1) is 14.5. The van der Waals surface area contributed by atoms with Crippen LogP contribution in [0, 0.1) is 0 Å². The highest BCUT2D eigenvalue weighted by Crippen LogP contribution is 2.21. The van der Waals surface area contributed by atoms with Gasteiger partial charge in [0.2, 0.25) is 0 Å². The van der Waals surface area contributed by atoms with Crippen LogP contribution in [-0.4, -0.2) is 87.7 Å². The minimum atomic E-state index is -2.94. The molecule has 2 fully saturated rings. The van der Waals surface area contributed by atoms with E-state index in [9.17, 15) is 4.79 Å². The van der Waals surface area contributed by atoms with Crippen molar-refractivity contribution in [2.75, 3.05) is 52.7 Å². The van der Waals surface area contributed by atoms with Gasteiger partial charge in [0.1, 0.15) is 0 Å². The molecule has 2 aliphatic rings. The van der Waals surface area contributed by atoms with Gasteiger partial charge in [-0.3, -0.25) is 0 Å². The van der Waals surface area contributed by atoms with E-state index < -0.39 is 17.6 Å². The molecule has 0 aromatic carbocycles. The molecule has 0 saturated carbocycles. The van der Waals surface area contributed by atoms with Crippen LogP contribution in [0.15, 0.2) is 0 Å². The molecule has 4 atom stereocenters. The van der Waals surface area contributed by atoms with E-state index in [2.05, 4.69) is 0 Å². The fraction of sp³-hybridized carbons (Fsp3) is 0.947. The fourth-order valence-corrected chi connectivity index (χ4v) is 11.0. The van der Waals surface area contributed by atoms with Gasteiger partial charge in [-0.1, -0.05) is 0 Å². The van der Waals surface area contributed by atoms with Crippen LogP contribution in [0.5, 0.6) is 0 Å². The van der Waals surface area contributed by atoms with Gasteiger partial charge < -0.3 is 26.6 Å². The van der Waals surface area contributed by atoms with Gasteiger partial charge in [-0.05, 0) is 41.5 Å². The van der Waals surface area contributed by atoms with Gasteiger partial charge in [-0.25, -0.2) is 9.80 Å². The monoisotopic (exact) mass is 466 g/mol. The van der Waals surface area contributed by atoms with E-state index in [1.54, 1.807) is 0 Å².